The van der Waals surface area contributed by atoms with Crippen molar-refractivity contribution in [2.75, 3.05) is 10.5 Å². The molecule has 0 aliphatic heterocycles. The van der Waals surface area contributed by atoms with Crippen molar-refractivity contribution in [1.82, 2.24) is 0 Å². The molecule has 0 atom stereocenters. The standard InChI is InChI=1S/C12H10BrClN2O2S/c13-8-1-3-9(4-2-8)16-19(17,18)10-5-6-12(15)11(14)7-10/h1-7,16H,15H2. The molecule has 100 valence electrons. The molecular weight excluding hydrogens is 352 g/mol. The second-order valence-corrected chi connectivity index (χ2v) is 6.80. The molecule has 0 aliphatic carbocycles. The molecule has 0 heterocycles. The fourth-order valence-electron chi connectivity index (χ4n) is 1.41. The van der Waals surface area contributed by atoms with Crippen LogP contribution in [0.25, 0.3) is 0 Å². The highest BCUT2D eigenvalue weighted by molar-refractivity contribution is 9.10. The molecule has 0 unspecified atom stereocenters. The Hall–Kier alpha value is -1.24. The first kappa shape index (κ1) is 14.2. The number of anilines is 2. The molecular formula is C12H10BrClN2O2S. The van der Waals surface area contributed by atoms with Crippen LogP contribution in [0.4, 0.5) is 11.4 Å². The van der Waals surface area contributed by atoms with E-state index in [1.165, 1.54) is 18.2 Å². The van der Waals surface area contributed by atoms with Crippen LogP contribution >= 0.6 is 27.5 Å². The van der Waals surface area contributed by atoms with Crippen molar-refractivity contribution < 1.29 is 8.42 Å². The van der Waals surface area contributed by atoms with Crippen LogP contribution in [-0.2, 0) is 10.0 Å². The van der Waals surface area contributed by atoms with Gasteiger partial charge in [0.2, 0.25) is 0 Å². The molecule has 0 amide bonds. The molecule has 0 aliphatic rings. The molecule has 0 spiro atoms. The van der Waals surface area contributed by atoms with E-state index in [2.05, 4.69) is 20.7 Å². The summed E-state index contributed by atoms with van der Waals surface area (Å²) in [5.74, 6) is 0. The maximum Gasteiger partial charge on any atom is 0.261 e. The monoisotopic (exact) mass is 360 g/mol. The lowest BCUT2D eigenvalue weighted by molar-refractivity contribution is 0.601. The van der Waals surface area contributed by atoms with Gasteiger partial charge >= 0.3 is 0 Å². The summed E-state index contributed by atoms with van der Waals surface area (Å²) in [4.78, 5) is 0.0645. The Morgan fingerprint density at radius 1 is 1.11 bits per heavy atom. The summed E-state index contributed by atoms with van der Waals surface area (Å²) in [6.07, 6.45) is 0. The van der Waals surface area contributed by atoms with E-state index < -0.39 is 10.0 Å². The minimum atomic E-state index is -3.67. The fraction of sp³-hybridized carbons (Fsp3) is 0. The lowest BCUT2D eigenvalue weighted by atomic mass is 10.3. The molecule has 3 N–H and O–H groups in total. The van der Waals surface area contributed by atoms with Gasteiger partial charge in [-0.2, -0.15) is 0 Å². The number of rotatable bonds is 3. The van der Waals surface area contributed by atoms with Gasteiger partial charge in [0.15, 0.2) is 0 Å². The van der Waals surface area contributed by atoms with Crippen LogP contribution in [0.2, 0.25) is 5.02 Å². The zero-order valence-corrected chi connectivity index (χ0v) is 12.8. The Balaban J connectivity index is 2.32. The minimum absolute atomic E-state index is 0.0645. The van der Waals surface area contributed by atoms with E-state index in [1.807, 2.05) is 0 Å². The summed E-state index contributed by atoms with van der Waals surface area (Å²) in [5.41, 5.74) is 6.35. The highest BCUT2D eigenvalue weighted by Crippen LogP contribution is 2.24. The Bertz CT molecular complexity index is 702. The first-order valence-electron chi connectivity index (χ1n) is 5.22. The molecule has 2 aromatic carbocycles. The molecule has 7 heteroatoms. The van der Waals surface area contributed by atoms with Gasteiger partial charge in [0.1, 0.15) is 0 Å². The zero-order chi connectivity index (χ0) is 14.0. The number of nitrogen functional groups attached to an aromatic ring is 1. The maximum absolute atomic E-state index is 12.1. The van der Waals surface area contributed by atoms with Crippen LogP contribution in [0.5, 0.6) is 0 Å². The highest BCUT2D eigenvalue weighted by atomic mass is 79.9. The molecule has 0 aromatic heterocycles. The van der Waals surface area contributed by atoms with Crippen LogP contribution in [0.15, 0.2) is 51.8 Å². The van der Waals surface area contributed by atoms with Crippen molar-refractivity contribution in [1.29, 1.82) is 0 Å². The number of halogens is 2. The van der Waals surface area contributed by atoms with Crippen LogP contribution in [0.1, 0.15) is 0 Å². The summed E-state index contributed by atoms with van der Waals surface area (Å²) in [5, 5.41) is 0.207. The summed E-state index contributed by atoms with van der Waals surface area (Å²) in [7, 11) is -3.67. The van der Waals surface area contributed by atoms with E-state index >= 15 is 0 Å². The summed E-state index contributed by atoms with van der Waals surface area (Å²) >= 11 is 9.10. The third kappa shape index (κ3) is 3.40. The average Bonchev–Trinajstić information content (AvgIpc) is 2.35. The van der Waals surface area contributed by atoms with Gasteiger partial charge in [-0.3, -0.25) is 4.72 Å². The molecule has 2 aromatic rings. The molecule has 19 heavy (non-hydrogen) atoms. The van der Waals surface area contributed by atoms with Crippen molar-refractivity contribution in [2.24, 2.45) is 0 Å². The Morgan fingerprint density at radius 2 is 1.74 bits per heavy atom. The van der Waals surface area contributed by atoms with Gasteiger partial charge in [-0.1, -0.05) is 27.5 Å². The highest BCUT2D eigenvalue weighted by Gasteiger charge is 2.15. The Labute approximate surface area is 124 Å². The first-order chi connectivity index (χ1) is 8.88. The molecule has 0 bridgehead atoms. The summed E-state index contributed by atoms with van der Waals surface area (Å²) in [6, 6.07) is 11.0. The van der Waals surface area contributed by atoms with Crippen molar-refractivity contribution in [2.45, 2.75) is 4.90 Å². The van der Waals surface area contributed by atoms with Gasteiger partial charge < -0.3 is 5.73 Å². The van der Waals surface area contributed by atoms with Gasteiger partial charge in [-0.05, 0) is 42.5 Å². The van der Waals surface area contributed by atoms with Crippen LogP contribution in [0, 0.1) is 0 Å². The van der Waals surface area contributed by atoms with E-state index in [4.69, 9.17) is 17.3 Å². The predicted octanol–water partition coefficient (Wildman–Crippen LogP) is 3.49. The lowest BCUT2D eigenvalue weighted by Gasteiger charge is -2.09. The maximum atomic E-state index is 12.1. The van der Waals surface area contributed by atoms with Crippen LogP contribution in [0.3, 0.4) is 0 Å². The Kier molecular flexibility index (Phi) is 4.03. The zero-order valence-electron chi connectivity index (χ0n) is 9.60. The molecule has 0 saturated carbocycles. The molecule has 2 rings (SSSR count). The number of nitrogens with one attached hydrogen (secondary N) is 1. The van der Waals surface area contributed by atoms with Gasteiger partial charge in [0, 0.05) is 10.2 Å². The molecule has 4 nitrogen and oxygen atoms in total. The van der Waals surface area contributed by atoms with Gasteiger partial charge in [0.25, 0.3) is 10.0 Å². The van der Waals surface area contributed by atoms with Gasteiger partial charge in [0.05, 0.1) is 15.6 Å². The van der Waals surface area contributed by atoms with E-state index in [-0.39, 0.29) is 9.92 Å². The second kappa shape index (κ2) is 5.40. The number of sulfonamides is 1. The average molecular weight is 362 g/mol. The third-order valence-corrected chi connectivity index (χ3v) is 4.61. The summed E-state index contributed by atoms with van der Waals surface area (Å²) < 4.78 is 27.6. The van der Waals surface area contributed by atoms with Crippen molar-refractivity contribution in [3.05, 3.63) is 52.0 Å². The van der Waals surface area contributed by atoms with E-state index in [9.17, 15) is 8.42 Å². The predicted molar refractivity (Wildman–Crippen MR) is 80.8 cm³/mol. The van der Waals surface area contributed by atoms with Crippen molar-refractivity contribution >= 4 is 48.9 Å². The Morgan fingerprint density at radius 3 is 2.32 bits per heavy atom. The lowest BCUT2D eigenvalue weighted by Crippen LogP contribution is -2.13. The van der Waals surface area contributed by atoms with E-state index in [0.717, 1.165) is 4.47 Å². The van der Waals surface area contributed by atoms with Crippen LogP contribution in [-0.4, -0.2) is 8.42 Å². The number of hydrogen-bond acceptors (Lipinski definition) is 3. The number of hydrogen-bond donors (Lipinski definition) is 2. The minimum Gasteiger partial charge on any atom is -0.398 e. The largest absolute Gasteiger partial charge is 0.398 e. The fourth-order valence-corrected chi connectivity index (χ4v) is 3.00. The quantitative estimate of drug-likeness (QED) is 0.822. The van der Waals surface area contributed by atoms with E-state index in [0.29, 0.717) is 11.4 Å². The number of nitrogens with two attached hydrogens (primary N) is 1. The summed E-state index contributed by atoms with van der Waals surface area (Å²) in [6.45, 7) is 0. The number of benzene rings is 2. The topological polar surface area (TPSA) is 72.2 Å². The SMILES string of the molecule is Nc1ccc(S(=O)(=O)Nc2ccc(Br)cc2)cc1Cl. The molecule has 0 fully saturated rings. The third-order valence-electron chi connectivity index (χ3n) is 2.38. The van der Waals surface area contributed by atoms with Crippen molar-refractivity contribution in [3.63, 3.8) is 0 Å². The van der Waals surface area contributed by atoms with Gasteiger partial charge in [-0.25, -0.2) is 8.42 Å². The molecule has 0 radical (unpaired) electrons. The van der Waals surface area contributed by atoms with E-state index in [1.54, 1.807) is 24.3 Å². The molecule has 0 saturated heterocycles. The van der Waals surface area contributed by atoms with Crippen molar-refractivity contribution in [3.8, 4) is 0 Å². The van der Waals surface area contributed by atoms with Gasteiger partial charge in [-0.15, -0.1) is 0 Å². The second-order valence-electron chi connectivity index (χ2n) is 3.80. The van der Waals surface area contributed by atoms with Crippen LogP contribution < -0.4 is 10.5 Å². The first-order valence-corrected chi connectivity index (χ1v) is 7.87. The normalized spacial score (nSPS) is 11.3. The smallest absolute Gasteiger partial charge is 0.261 e.